The Hall–Kier alpha value is 0.290. The summed E-state index contributed by atoms with van der Waals surface area (Å²) in [5, 5.41) is 7.17. The van der Waals surface area contributed by atoms with Crippen molar-refractivity contribution in [1.82, 2.24) is 0 Å². The van der Waals surface area contributed by atoms with Gasteiger partial charge in [0.2, 0.25) is 0 Å². The standard InChI is InChI=1S/C7H6BrClF2OS/c8-4-1-2-13-5(4)3-6(12)7(9,10)11/h1-2,6,12H,3H2. The van der Waals surface area contributed by atoms with Crippen molar-refractivity contribution < 1.29 is 13.9 Å². The summed E-state index contributed by atoms with van der Waals surface area (Å²) in [6.45, 7) is 0. The Balaban J connectivity index is 2.65. The van der Waals surface area contributed by atoms with Crippen LogP contribution < -0.4 is 0 Å². The quantitative estimate of drug-likeness (QED) is 0.848. The fraction of sp³-hybridized carbons (Fsp3) is 0.429. The summed E-state index contributed by atoms with van der Waals surface area (Å²) < 4.78 is 25.4. The molecule has 0 fully saturated rings. The molecule has 74 valence electrons. The highest BCUT2D eigenvalue weighted by atomic mass is 79.9. The summed E-state index contributed by atoms with van der Waals surface area (Å²) in [5.74, 6) is 0. The first-order chi connectivity index (χ1) is 5.91. The Morgan fingerprint density at radius 2 is 2.31 bits per heavy atom. The molecule has 0 aliphatic carbocycles. The summed E-state index contributed by atoms with van der Waals surface area (Å²) >= 11 is 9.13. The molecule has 6 heteroatoms. The maximum absolute atomic E-state index is 12.3. The fourth-order valence-corrected chi connectivity index (χ4v) is 2.39. The molecule has 0 aliphatic heterocycles. The minimum atomic E-state index is -3.57. The van der Waals surface area contributed by atoms with Gasteiger partial charge in [0.25, 0.3) is 0 Å². The van der Waals surface area contributed by atoms with Crippen LogP contribution in [0.3, 0.4) is 0 Å². The maximum Gasteiger partial charge on any atom is 0.347 e. The van der Waals surface area contributed by atoms with E-state index in [2.05, 4.69) is 27.5 Å². The Kier molecular flexibility index (Phi) is 3.68. The number of aliphatic hydroxyl groups excluding tert-OH is 1. The van der Waals surface area contributed by atoms with Gasteiger partial charge >= 0.3 is 5.38 Å². The van der Waals surface area contributed by atoms with E-state index in [0.29, 0.717) is 4.88 Å². The third kappa shape index (κ3) is 3.16. The molecule has 0 bridgehead atoms. The second-order valence-corrected chi connectivity index (χ2v) is 4.81. The first kappa shape index (κ1) is 11.4. The lowest BCUT2D eigenvalue weighted by molar-refractivity contribution is -0.0394. The van der Waals surface area contributed by atoms with Gasteiger partial charge in [0, 0.05) is 15.8 Å². The van der Waals surface area contributed by atoms with Crippen molar-refractivity contribution in [2.45, 2.75) is 17.9 Å². The van der Waals surface area contributed by atoms with Gasteiger partial charge < -0.3 is 5.11 Å². The lowest BCUT2D eigenvalue weighted by Crippen LogP contribution is -2.29. The summed E-state index contributed by atoms with van der Waals surface area (Å²) in [6.07, 6.45) is -1.99. The maximum atomic E-state index is 12.3. The van der Waals surface area contributed by atoms with E-state index in [4.69, 9.17) is 5.11 Å². The molecule has 0 amide bonds. The molecule has 1 rings (SSSR count). The zero-order valence-electron chi connectivity index (χ0n) is 6.31. The summed E-state index contributed by atoms with van der Waals surface area (Å²) in [7, 11) is 0. The molecule has 1 nitrogen and oxygen atoms in total. The lowest BCUT2D eigenvalue weighted by atomic mass is 10.2. The SMILES string of the molecule is OC(Cc1sccc1Br)C(F)(F)Cl. The van der Waals surface area contributed by atoms with Gasteiger partial charge in [0.1, 0.15) is 6.10 Å². The first-order valence-electron chi connectivity index (χ1n) is 3.38. The van der Waals surface area contributed by atoms with Crippen LogP contribution in [0.5, 0.6) is 0 Å². The van der Waals surface area contributed by atoms with Crippen LogP contribution in [0.1, 0.15) is 4.88 Å². The van der Waals surface area contributed by atoms with Crippen LogP contribution in [-0.4, -0.2) is 16.6 Å². The molecule has 0 spiro atoms. The fourth-order valence-electron chi connectivity index (χ4n) is 0.762. The highest BCUT2D eigenvalue weighted by molar-refractivity contribution is 9.10. The third-order valence-electron chi connectivity index (χ3n) is 1.45. The third-order valence-corrected chi connectivity index (χ3v) is 3.65. The van der Waals surface area contributed by atoms with Crippen LogP contribution >= 0.6 is 38.9 Å². The molecule has 1 aromatic rings. The largest absolute Gasteiger partial charge is 0.385 e. The number of hydrogen-bond acceptors (Lipinski definition) is 2. The van der Waals surface area contributed by atoms with Gasteiger partial charge in [0.15, 0.2) is 0 Å². The number of aliphatic hydroxyl groups is 1. The van der Waals surface area contributed by atoms with Crippen LogP contribution in [-0.2, 0) is 6.42 Å². The van der Waals surface area contributed by atoms with Crippen LogP contribution in [0.15, 0.2) is 15.9 Å². The van der Waals surface area contributed by atoms with Crippen molar-refractivity contribution in [3.63, 3.8) is 0 Å². The molecule has 13 heavy (non-hydrogen) atoms. The minimum absolute atomic E-state index is 0.144. The minimum Gasteiger partial charge on any atom is -0.385 e. The van der Waals surface area contributed by atoms with Gasteiger partial charge in [-0.25, -0.2) is 0 Å². The van der Waals surface area contributed by atoms with Crippen LogP contribution in [0.2, 0.25) is 0 Å². The Bertz CT molecular complexity index is 286. The van der Waals surface area contributed by atoms with Gasteiger partial charge in [-0.1, -0.05) is 0 Å². The molecule has 0 aromatic carbocycles. The summed E-state index contributed by atoms with van der Waals surface area (Å²) in [4.78, 5) is 0.660. The average molecular weight is 292 g/mol. The normalized spacial score (nSPS) is 14.5. The van der Waals surface area contributed by atoms with E-state index in [1.807, 2.05) is 0 Å². The Morgan fingerprint density at radius 1 is 1.69 bits per heavy atom. The van der Waals surface area contributed by atoms with Crippen molar-refractivity contribution in [1.29, 1.82) is 0 Å². The van der Waals surface area contributed by atoms with E-state index in [9.17, 15) is 8.78 Å². The molecule has 0 saturated heterocycles. The average Bonchev–Trinajstić information content (AvgIpc) is 2.34. The van der Waals surface area contributed by atoms with Crippen LogP contribution in [0, 0.1) is 0 Å². The molecular formula is C7H6BrClF2OS. The molecule has 1 unspecified atom stereocenters. The van der Waals surface area contributed by atoms with Crippen LogP contribution in [0.4, 0.5) is 8.78 Å². The van der Waals surface area contributed by atoms with E-state index >= 15 is 0 Å². The van der Waals surface area contributed by atoms with E-state index in [0.717, 1.165) is 4.47 Å². The molecule has 0 aliphatic rings. The monoisotopic (exact) mass is 290 g/mol. The predicted octanol–water partition coefficient (Wildman–Crippen LogP) is 3.25. The highest BCUT2D eigenvalue weighted by Crippen LogP contribution is 2.30. The summed E-state index contributed by atoms with van der Waals surface area (Å²) in [5.41, 5.74) is 0. The van der Waals surface area contributed by atoms with Crippen molar-refractivity contribution >= 4 is 38.9 Å². The van der Waals surface area contributed by atoms with Gasteiger partial charge in [-0.3, -0.25) is 0 Å². The van der Waals surface area contributed by atoms with Gasteiger partial charge in [-0.2, -0.15) is 8.78 Å². The van der Waals surface area contributed by atoms with Crippen molar-refractivity contribution in [2.24, 2.45) is 0 Å². The number of rotatable bonds is 3. The van der Waals surface area contributed by atoms with E-state index in [1.165, 1.54) is 11.3 Å². The van der Waals surface area contributed by atoms with Crippen molar-refractivity contribution in [3.8, 4) is 0 Å². The number of halogens is 4. The molecule has 0 radical (unpaired) electrons. The Labute approximate surface area is 91.5 Å². The van der Waals surface area contributed by atoms with Crippen molar-refractivity contribution in [3.05, 3.63) is 20.8 Å². The zero-order valence-corrected chi connectivity index (χ0v) is 9.46. The first-order valence-corrected chi connectivity index (χ1v) is 5.43. The van der Waals surface area contributed by atoms with Gasteiger partial charge in [-0.15, -0.1) is 11.3 Å². The highest BCUT2D eigenvalue weighted by Gasteiger charge is 2.35. The molecule has 1 N–H and O–H groups in total. The number of thiophene rings is 1. The van der Waals surface area contributed by atoms with E-state index < -0.39 is 11.5 Å². The molecular weight excluding hydrogens is 285 g/mol. The Morgan fingerprint density at radius 3 is 2.69 bits per heavy atom. The second kappa shape index (κ2) is 4.21. The summed E-state index contributed by atoms with van der Waals surface area (Å²) in [6, 6.07) is 1.74. The zero-order chi connectivity index (χ0) is 10.1. The van der Waals surface area contributed by atoms with Gasteiger partial charge in [-0.05, 0) is 39.0 Å². The molecule has 1 aromatic heterocycles. The molecule has 1 heterocycles. The number of alkyl halides is 3. The van der Waals surface area contributed by atoms with Crippen molar-refractivity contribution in [2.75, 3.05) is 0 Å². The lowest BCUT2D eigenvalue weighted by Gasteiger charge is -2.14. The van der Waals surface area contributed by atoms with E-state index in [1.54, 1.807) is 11.4 Å². The van der Waals surface area contributed by atoms with E-state index in [-0.39, 0.29) is 6.42 Å². The molecule has 1 atom stereocenters. The predicted molar refractivity (Wildman–Crippen MR) is 52.5 cm³/mol. The topological polar surface area (TPSA) is 20.2 Å². The smallest absolute Gasteiger partial charge is 0.347 e. The second-order valence-electron chi connectivity index (χ2n) is 2.45. The van der Waals surface area contributed by atoms with Gasteiger partial charge in [0.05, 0.1) is 0 Å². The van der Waals surface area contributed by atoms with Crippen LogP contribution in [0.25, 0.3) is 0 Å². The number of hydrogen-bond donors (Lipinski definition) is 1. The molecule has 0 saturated carbocycles.